The van der Waals surface area contributed by atoms with Crippen molar-refractivity contribution in [2.45, 2.75) is 45.9 Å². The van der Waals surface area contributed by atoms with E-state index < -0.39 is 6.10 Å². The third-order valence-corrected chi connectivity index (χ3v) is 4.19. The van der Waals surface area contributed by atoms with Crippen LogP contribution in [0.25, 0.3) is 0 Å². The number of aliphatic hydroxyl groups is 2. The summed E-state index contributed by atoms with van der Waals surface area (Å²) < 4.78 is 11.1. The minimum absolute atomic E-state index is 0.0652. The fourth-order valence-corrected chi connectivity index (χ4v) is 2.36. The molecule has 0 aliphatic rings. The number of hydrogen-bond acceptors (Lipinski definition) is 6. The standard InChI is InChI=1S/C19H34N2O4/c1-6-21(7-2)12-16(23)13-25-17-9-8-15(10-18(17)24-5)11-20-19(3,4)14-22/h8-10,16,20,22-23H,6-7,11-14H2,1-5H3/t16-/m1/s1. The second kappa shape index (κ2) is 10.6. The molecule has 6 nitrogen and oxygen atoms in total. The van der Waals surface area contributed by atoms with Gasteiger partial charge in [0.15, 0.2) is 11.5 Å². The maximum Gasteiger partial charge on any atom is 0.161 e. The molecule has 0 aliphatic heterocycles. The van der Waals surface area contributed by atoms with E-state index in [1.165, 1.54) is 0 Å². The molecule has 0 bridgehead atoms. The van der Waals surface area contributed by atoms with Crippen molar-refractivity contribution in [1.29, 1.82) is 0 Å². The maximum atomic E-state index is 10.1. The molecular weight excluding hydrogens is 320 g/mol. The van der Waals surface area contributed by atoms with Crippen molar-refractivity contribution in [3.05, 3.63) is 23.8 Å². The van der Waals surface area contributed by atoms with Gasteiger partial charge in [0.2, 0.25) is 0 Å². The molecule has 0 saturated heterocycles. The third-order valence-electron chi connectivity index (χ3n) is 4.19. The first kappa shape index (κ1) is 21.7. The zero-order chi connectivity index (χ0) is 18.9. The van der Waals surface area contributed by atoms with Crippen molar-refractivity contribution in [2.24, 2.45) is 0 Å². The molecule has 1 atom stereocenters. The topological polar surface area (TPSA) is 74.2 Å². The minimum atomic E-state index is -0.545. The Morgan fingerprint density at radius 1 is 1.20 bits per heavy atom. The highest BCUT2D eigenvalue weighted by Crippen LogP contribution is 2.28. The number of benzene rings is 1. The molecule has 25 heavy (non-hydrogen) atoms. The summed E-state index contributed by atoms with van der Waals surface area (Å²) in [4.78, 5) is 2.16. The number of nitrogens with zero attached hydrogens (tertiary/aromatic N) is 1. The quantitative estimate of drug-likeness (QED) is 0.530. The molecule has 6 heteroatoms. The molecule has 3 N–H and O–H groups in total. The van der Waals surface area contributed by atoms with Crippen LogP contribution in [0.5, 0.6) is 11.5 Å². The van der Waals surface area contributed by atoms with Gasteiger partial charge in [-0.15, -0.1) is 0 Å². The summed E-state index contributed by atoms with van der Waals surface area (Å²) in [6.07, 6.45) is -0.545. The predicted molar refractivity (Wildman–Crippen MR) is 100 cm³/mol. The fraction of sp³-hybridized carbons (Fsp3) is 0.684. The molecule has 0 amide bonds. The lowest BCUT2D eigenvalue weighted by Gasteiger charge is -2.24. The molecule has 0 spiro atoms. The van der Waals surface area contributed by atoms with Gasteiger partial charge in [-0.1, -0.05) is 19.9 Å². The smallest absolute Gasteiger partial charge is 0.161 e. The molecule has 0 aromatic heterocycles. The van der Waals surface area contributed by atoms with E-state index in [0.29, 0.717) is 24.6 Å². The fourth-order valence-electron chi connectivity index (χ4n) is 2.36. The number of methoxy groups -OCH3 is 1. The van der Waals surface area contributed by atoms with Crippen molar-refractivity contribution in [3.63, 3.8) is 0 Å². The minimum Gasteiger partial charge on any atom is -0.493 e. The van der Waals surface area contributed by atoms with Gasteiger partial charge in [0, 0.05) is 18.6 Å². The highest BCUT2D eigenvalue weighted by Gasteiger charge is 2.16. The zero-order valence-corrected chi connectivity index (χ0v) is 16.2. The zero-order valence-electron chi connectivity index (χ0n) is 16.2. The molecule has 144 valence electrons. The monoisotopic (exact) mass is 354 g/mol. The van der Waals surface area contributed by atoms with Crippen LogP contribution in [0.2, 0.25) is 0 Å². The number of aliphatic hydroxyl groups excluding tert-OH is 2. The highest BCUT2D eigenvalue weighted by molar-refractivity contribution is 5.43. The summed E-state index contributed by atoms with van der Waals surface area (Å²) in [7, 11) is 1.60. The Morgan fingerprint density at radius 3 is 2.44 bits per heavy atom. The van der Waals surface area contributed by atoms with Gasteiger partial charge in [0.25, 0.3) is 0 Å². The van der Waals surface area contributed by atoms with Crippen molar-refractivity contribution >= 4 is 0 Å². The summed E-state index contributed by atoms with van der Waals surface area (Å²) in [5.41, 5.74) is 0.700. The van der Waals surface area contributed by atoms with Gasteiger partial charge in [0.05, 0.1) is 13.7 Å². The Bertz CT molecular complexity index is 504. The number of hydrogen-bond donors (Lipinski definition) is 3. The van der Waals surface area contributed by atoms with E-state index in [2.05, 4.69) is 24.1 Å². The Kier molecular flexibility index (Phi) is 9.21. The van der Waals surface area contributed by atoms with Crippen molar-refractivity contribution in [3.8, 4) is 11.5 Å². The summed E-state index contributed by atoms with van der Waals surface area (Å²) in [5.74, 6) is 1.25. The van der Waals surface area contributed by atoms with E-state index in [-0.39, 0.29) is 18.8 Å². The molecule has 0 radical (unpaired) electrons. The molecule has 0 fully saturated rings. The van der Waals surface area contributed by atoms with Crippen LogP contribution >= 0.6 is 0 Å². The largest absolute Gasteiger partial charge is 0.493 e. The van der Waals surface area contributed by atoms with Crippen LogP contribution in [-0.4, -0.2) is 66.7 Å². The van der Waals surface area contributed by atoms with Crippen molar-refractivity contribution < 1.29 is 19.7 Å². The van der Waals surface area contributed by atoms with Crippen LogP contribution in [0.1, 0.15) is 33.3 Å². The lowest BCUT2D eigenvalue weighted by molar-refractivity contribution is 0.0705. The SMILES string of the molecule is CCN(CC)C[C@@H](O)COc1ccc(CNC(C)(C)CO)cc1OC. The first-order valence-corrected chi connectivity index (χ1v) is 8.91. The van der Waals surface area contributed by atoms with Gasteiger partial charge >= 0.3 is 0 Å². The predicted octanol–water partition coefficient (Wildman–Crippen LogP) is 1.64. The van der Waals surface area contributed by atoms with Crippen LogP contribution in [0.4, 0.5) is 0 Å². The normalized spacial score (nSPS) is 13.1. The van der Waals surface area contributed by atoms with Crippen molar-refractivity contribution in [1.82, 2.24) is 10.2 Å². The third kappa shape index (κ3) is 7.61. The van der Waals surface area contributed by atoms with Crippen LogP contribution in [0, 0.1) is 0 Å². The van der Waals surface area contributed by atoms with Crippen LogP contribution in [-0.2, 0) is 6.54 Å². The summed E-state index contributed by atoms with van der Waals surface area (Å²) in [6.45, 7) is 11.3. The van der Waals surface area contributed by atoms with E-state index in [9.17, 15) is 10.2 Å². The average Bonchev–Trinajstić information content (AvgIpc) is 2.62. The Hall–Kier alpha value is -1.34. The van der Waals surface area contributed by atoms with Gasteiger partial charge in [-0.2, -0.15) is 0 Å². The van der Waals surface area contributed by atoms with Gasteiger partial charge < -0.3 is 29.9 Å². The van der Waals surface area contributed by atoms with E-state index in [1.54, 1.807) is 7.11 Å². The molecule has 0 aliphatic carbocycles. The van der Waals surface area contributed by atoms with E-state index in [0.717, 1.165) is 18.7 Å². The van der Waals surface area contributed by atoms with E-state index >= 15 is 0 Å². The highest BCUT2D eigenvalue weighted by atomic mass is 16.5. The molecule has 0 unspecified atom stereocenters. The van der Waals surface area contributed by atoms with Gasteiger partial charge in [-0.25, -0.2) is 0 Å². The molecule has 1 aromatic rings. The molecule has 0 saturated carbocycles. The van der Waals surface area contributed by atoms with E-state index in [4.69, 9.17) is 9.47 Å². The summed E-state index contributed by atoms with van der Waals surface area (Å²) >= 11 is 0. The first-order valence-electron chi connectivity index (χ1n) is 8.91. The van der Waals surface area contributed by atoms with Crippen molar-refractivity contribution in [2.75, 3.05) is 40.0 Å². The second-order valence-corrected chi connectivity index (χ2v) is 6.83. The van der Waals surface area contributed by atoms with Gasteiger partial charge in [0.1, 0.15) is 12.7 Å². The van der Waals surface area contributed by atoms with Crippen LogP contribution < -0.4 is 14.8 Å². The van der Waals surface area contributed by atoms with E-state index in [1.807, 2.05) is 32.0 Å². The van der Waals surface area contributed by atoms with Crippen LogP contribution in [0.3, 0.4) is 0 Å². The number of likely N-dealkylation sites (N-methyl/N-ethyl adjacent to an activating group) is 1. The molecule has 1 rings (SSSR count). The maximum absolute atomic E-state index is 10.1. The Morgan fingerprint density at radius 2 is 1.88 bits per heavy atom. The summed E-state index contributed by atoms with van der Waals surface area (Å²) in [5, 5.41) is 22.7. The lowest BCUT2D eigenvalue weighted by Crippen LogP contribution is -2.42. The molecule has 0 heterocycles. The number of rotatable bonds is 12. The van der Waals surface area contributed by atoms with Gasteiger partial charge in [-0.05, 0) is 44.6 Å². The Balaban J connectivity index is 2.63. The first-order chi connectivity index (χ1) is 11.8. The van der Waals surface area contributed by atoms with Gasteiger partial charge in [-0.3, -0.25) is 0 Å². The average molecular weight is 354 g/mol. The number of nitrogens with one attached hydrogen (secondary N) is 1. The lowest BCUT2D eigenvalue weighted by atomic mass is 10.1. The molecule has 1 aromatic carbocycles. The summed E-state index contributed by atoms with van der Waals surface area (Å²) in [6, 6.07) is 5.72. The second-order valence-electron chi connectivity index (χ2n) is 6.83. The molecular formula is C19H34N2O4. The van der Waals surface area contributed by atoms with Crippen LogP contribution in [0.15, 0.2) is 18.2 Å². The number of ether oxygens (including phenoxy) is 2. The Labute approximate surface area is 151 Å².